The van der Waals surface area contributed by atoms with Crippen molar-refractivity contribution in [3.63, 3.8) is 0 Å². The number of guanidine groups is 1. The zero-order valence-electron chi connectivity index (χ0n) is 14.9. The van der Waals surface area contributed by atoms with E-state index in [1.807, 2.05) is 12.1 Å². The van der Waals surface area contributed by atoms with Gasteiger partial charge in [0.25, 0.3) is 0 Å². The van der Waals surface area contributed by atoms with Crippen molar-refractivity contribution < 1.29 is 9.47 Å². The second-order valence-electron chi connectivity index (χ2n) is 5.79. The van der Waals surface area contributed by atoms with Gasteiger partial charge in [-0.3, -0.25) is 4.90 Å². The van der Waals surface area contributed by atoms with Gasteiger partial charge in [-0.05, 0) is 24.9 Å². The monoisotopic (exact) mass is 463 g/mol. The van der Waals surface area contributed by atoms with Crippen LogP contribution in [0, 0.1) is 0 Å². The Bertz CT molecular complexity index is 492. The molecular weight excluding hydrogens is 433 g/mol. The highest BCUT2D eigenvalue weighted by atomic mass is 127. The van der Waals surface area contributed by atoms with Crippen molar-refractivity contribution in [1.82, 2.24) is 15.2 Å². The first-order valence-corrected chi connectivity index (χ1v) is 8.69. The molecule has 25 heavy (non-hydrogen) atoms. The maximum Gasteiger partial charge on any atom is 0.213 e. The first-order chi connectivity index (χ1) is 11.8. The van der Waals surface area contributed by atoms with Gasteiger partial charge in [0.15, 0.2) is 5.96 Å². The van der Waals surface area contributed by atoms with Crippen LogP contribution in [0.4, 0.5) is 0 Å². The Morgan fingerprint density at radius 3 is 2.88 bits per heavy atom. The molecule has 1 aliphatic rings. The Morgan fingerprint density at radius 2 is 2.20 bits per heavy atom. The number of morpholine rings is 1. The molecule has 1 saturated heterocycles. The van der Waals surface area contributed by atoms with E-state index in [4.69, 9.17) is 15.2 Å². The number of nitrogens with one attached hydrogen (secondary N) is 1. The highest BCUT2D eigenvalue weighted by molar-refractivity contribution is 14.0. The van der Waals surface area contributed by atoms with Gasteiger partial charge in [0.05, 0.1) is 26.4 Å². The fourth-order valence-electron chi connectivity index (χ4n) is 2.37. The van der Waals surface area contributed by atoms with Crippen LogP contribution in [0.2, 0.25) is 0 Å². The van der Waals surface area contributed by atoms with E-state index in [2.05, 4.69) is 27.1 Å². The molecule has 8 heteroatoms. The van der Waals surface area contributed by atoms with Crippen molar-refractivity contribution >= 4 is 29.9 Å². The Labute approximate surface area is 167 Å². The minimum Gasteiger partial charge on any atom is -0.478 e. The van der Waals surface area contributed by atoms with Gasteiger partial charge < -0.3 is 20.5 Å². The molecule has 0 amide bonds. The standard InChI is InChI=1S/C17H29N5O2.HI/c1-2-10-24-16-5-4-15(13-20-16)14-21-17(18)19-6-3-7-22-8-11-23-12-9-22;/h4-5,13H,2-3,6-12,14H2,1H3,(H3,18,19,21);1H. The summed E-state index contributed by atoms with van der Waals surface area (Å²) in [6, 6.07) is 3.83. The summed E-state index contributed by atoms with van der Waals surface area (Å²) in [7, 11) is 0. The summed E-state index contributed by atoms with van der Waals surface area (Å²) in [5, 5.41) is 3.16. The molecule has 0 aromatic carbocycles. The number of aromatic nitrogens is 1. The molecule has 0 unspecified atom stereocenters. The van der Waals surface area contributed by atoms with E-state index in [0.717, 1.165) is 57.8 Å². The number of hydrogen-bond donors (Lipinski definition) is 2. The summed E-state index contributed by atoms with van der Waals surface area (Å²) in [6.07, 6.45) is 3.79. The van der Waals surface area contributed by atoms with Crippen LogP contribution in [0.3, 0.4) is 0 Å². The largest absolute Gasteiger partial charge is 0.478 e. The molecule has 1 fully saturated rings. The lowest BCUT2D eigenvalue weighted by molar-refractivity contribution is 0.0376. The topological polar surface area (TPSA) is 85.0 Å². The van der Waals surface area contributed by atoms with E-state index in [1.54, 1.807) is 6.20 Å². The summed E-state index contributed by atoms with van der Waals surface area (Å²) in [5.74, 6) is 1.13. The number of nitrogens with zero attached hydrogens (tertiary/aromatic N) is 3. The van der Waals surface area contributed by atoms with Crippen molar-refractivity contribution in [2.45, 2.75) is 26.3 Å². The summed E-state index contributed by atoms with van der Waals surface area (Å²) in [4.78, 5) is 11.0. The van der Waals surface area contributed by atoms with Crippen LogP contribution in [-0.4, -0.2) is 61.8 Å². The number of nitrogens with two attached hydrogens (primary N) is 1. The minimum absolute atomic E-state index is 0. The van der Waals surface area contributed by atoms with Crippen molar-refractivity contribution in [2.24, 2.45) is 10.7 Å². The SMILES string of the molecule is CCCOc1ccc(CN=C(N)NCCCN2CCOCC2)cn1.I. The Morgan fingerprint density at radius 1 is 1.40 bits per heavy atom. The van der Waals surface area contributed by atoms with Crippen LogP contribution in [0.1, 0.15) is 25.3 Å². The van der Waals surface area contributed by atoms with Crippen molar-refractivity contribution in [3.05, 3.63) is 23.9 Å². The lowest BCUT2D eigenvalue weighted by Gasteiger charge is -2.26. The van der Waals surface area contributed by atoms with E-state index in [1.165, 1.54) is 0 Å². The summed E-state index contributed by atoms with van der Waals surface area (Å²) in [6.45, 7) is 8.89. The molecule has 2 heterocycles. The molecule has 7 nitrogen and oxygen atoms in total. The van der Waals surface area contributed by atoms with Crippen LogP contribution in [-0.2, 0) is 11.3 Å². The lowest BCUT2D eigenvalue weighted by Crippen LogP contribution is -2.39. The fraction of sp³-hybridized carbons (Fsp3) is 0.647. The van der Waals surface area contributed by atoms with Gasteiger partial charge >= 0.3 is 0 Å². The van der Waals surface area contributed by atoms with E-state index in [9.17, 15) is 0 Å². The van der Waals surface area contributed by atoms with Gasteiger partial charge in [-0.25, -0.2) is 9.98 Å². The highest BCUT2D eigenvalue weighted by Gasteiger charge is 2.08. The number of hydrogen-bond acceptors (Lipinski definition) is 5. The average Bonchev–Trinajstić information content (AvgIpc) is 2.63. The van der Waals surface area contributed by atoms with Crippen LogP contribution in [0.25, 0.3) is 0 Å². The molecule has 1 aromatic heterocycles. The van der Waals surface area contributed by atoms with Gasteiger partial charge in [-0.15, -0.1) is 24.0 Å². The normalized spacial score (nSPS) is 15.5. The van der Waals surface area contributed by atoms with Gasteiger partial charge in [-0.1, -0.05) is 13.0 Å². The lowest BCUT2D eigenvalue weighted by atomic mass is 10.3. The Hall–Kier alpha value is -1.13. The molecule has 0 aliphatic carbocycles. The minimum atomic E-state index is 0. The fourth-order valence-corrected chi connectivity index (χ4v) is 2.37. The highest BCUT2D eigenvalue weighted by Crippen LogP contribution is 2.08. The molecular formula is C17H30IN5O2. The van der Waals surface area contributed by atoms with Crippen LogP contribution < -0.4 is 15.8 Å². The maximum atomic E-state index is 5.90. The summed E-state index contributed by atoms with van der Waals surface area (Å²) < 4.78 is 10.8. The van der Waals surface area contributed by atoms with Gasteiger partial charge in [0, 0.05) is 31.9 Å². The van der Waals surface area contributed by atoms with Crippen LogP contribution in [0.5, 0.6) is 5.88 Å². The second-order valence-corrected chi connectivity index (χ2v) is 5.79. The third kappa shape index (κ3) is 9.22. The predicted octanol–water partition coefficient (Wildman–Crippen LogP) is 1.61. The molecule has 0 atom stereocenters. The first-order valence-electron chi connectivity index (χ1n) is 8.69. The average molecular weight is 463 g/mol. The Kier molecular flexibility index (Phi) is 11.5. The van der Waals surface area contributed by atoms with E-state index in [0.29, 0.717) is 25.0 Å². The Balaban J connectivity index is 0.00000312. The zero-order chi connectivity index (χ0) is 17.0. The summed E-state index contributed by atoms with van der Waals surface area (Å²) in [5.41, 5.74) is 6.91. The van der Waals surface area contributed by atoms with Crippen molar-refractivity contribution in [3.8, 4) is 5.88 Å². The van der Waals surface area contributed by atoms with Gasteiger partial charge in [-0.2, -0.15) is 0 Å². The molecule has 1 aliphatic heterocycles. The van der Waals surface area contributed by atoms with E-state index < -0.39 is 0 Å². The second kappa shape index (κ2) is 13.1. The van der Waals surface area contributed by atoms with Crippen molar-refractivity contribution in [1.29, 1.82) is 0 Å². The molecule has 142 valence electrons. The van der Waals surface area contributed by atoms with Gasteiger partial charge in [0.1, 0.15) is 0 Å². The smallest absolute Gasteiger partial charge is 0.213 e. The quantitative estimate of drug-likeness (QED) is 0.251. The molecule has 3 N–H and O–H groups in total. The third-order valence-corrected chi connectivity index (χ3v) is 3.74. The molecule has 0 bridgehead atoms. The molecule has 0 radical (unpaired) electrons. The molecule has 0 spiro atoms. The van der Waals surface area contributed by atoms with E-state index in [-0.39, 0.29) is 24.0 Å². The third-order valence-electron chi connectivity index (χ3n) is 3.74. The van der Waals surface area contributed by atoms with Gasteiger partial charge in [0.2, 0.25) is 5.88 Å². The number of halogens is 1. The van der Waals surface area contributed by atoms with Crippen molar-refractivity contribution in [2.75, 3.05) is 46.0 Å². The first kappa shape index (κ1) is 21.9. The zero-order valence-corrected chi connectivity index (χ0v) is 17.3. The number of aliphatic imine (C=N–C) groups is 1. The van der Waals surface area contributed by atoms with Crippen LogP contribution in [0.15, 0.2) is 23.3 Å². The molecule has 0 saturated carbocycles. The van der Waals surface area contributed by atoms with Crippen LogP contribution >= 0.6 is 24.0 Å². The number of pyridine rings is 1. The van der Waals surface area contributed by atoms with E-state index >= 15 is 0 Å². The summed E-state index contributed by atoms with van der Waals surface area (Å²) >= 11 is 0. The number of rotatable bonds is 9. The predicted molar refractivity (Wildman–Crippen MR) is 111 cm³/mol. The number of ether oxygens (including phenoxy) is 2. The maximum absolute atomic E-state index is 5.90. The molecule has 2 rings (SSSR count). The molecule has 1 aromatic rings.